The smallest absolute Gasteiger partial charge is 0.252 e. The number of aryl methyl sites for hydroxylation is 1. The first-order chi connectivity index (χ1) is 13.3. The minimum absolute atomic E-state index is 0.0867. The predicted octanol–water partition coefficient (Wildman–Crippen LogP) is 3.49. The number of aliphatic imine (C=N–C) groups is 1. The van der Waals surface area contributed by atoms with Gasteiger partial charge in [0.15, 0.2) is 15.0 Å². The number of carbonyl (C=O) groups is 1. The molecule has 0 aromatic heterocycles. The van der Waals surface area contributed by atoms with E-state index in [4.69, 9.17) is 11.6 Å². The molecule has 2 atom stereocenters. The van der Waals surface area contributed by atoms with Crippen LogP contribution in [0.25, 0.3) is 0 Å². The molecule has 0 unspecified atom stereocenters. The number of hydrogen-bond acceptors (Lipinski definition) is 4. The lowest BCUT2D eigenvalue weighted by Gasteiger charge is -2.26. The molecule has 2 aromatic rings. The van der Waals surface area contributed by atoms with E-state index in [9.17, 15) is 13.2 Å². The number of sulfone groups is 1. The van der Waals surface area contributed by atoms with E-state index in [1.54, 1.807) is 12.1 Å². The second kappa shape index (κ2) is 7.54. The van der Waals surface area contributed by atoms with Crippen LogP contribution in [0.5, 0.6) is 0 Å². The van der Waals surface area contributed by atoms with E-state index in [0.29, 0.717) is 10.2 Å². The molecule has 0 spiro atoms. The van der Waals surface area contributed by atoms with E-state index in [0.717, 1.165) is 16.8 Å². The summed E-state index contributed by atoms with van der Waals surface area (Å²) in [6, 6.07) is 14.7. The second-order valence-electron chi connectivity index (χ2n) is 7.05. The number of fused-ring (bicyclic) bond motifs is 1. The fraction of sp³-hybridized carbons (Fsp3) is 0.300. The van der Waals surface area contributed by atoms with Gasteiger partial charge in [0.2, 0.25) is 0 Å². The Kier molecular flexibility index (Phi) is 5.24. The lowest BCUT2D eigenvalue weighted by Crippen LogP contribution is -2.38. The molecule has 5 nitrogen and oxygen atoms in total. The quantitative estimate of drug-likeness (QED) is 0.739. The van der Waals surface area contributed by atoms with E-state index in [-0.39, 0.29) is 35.1 Å². The molecular weight excluding hydrogens is 416 g/mol. The Bertz CT molecular complexity index is 1050. The molecular formula is C20H19ClN2O3S2. The number of rotatable bonds is 3. The number of para-hydroxylation sites is 1. The number of nitrogens with zero attached hydrogens (tertiary/aromatic N) is 2. The summed E-state index contributed by atoms with van der Waals surface area (Å²) in [5, 5.41) is 1.10. The maximum absolute atomic E-state index is 12.6. The Balaban J connectivity index is 1.65. The fourth-order valence-electron chi connectivity index (χ4n) is 3.60. The van der Waals surface area contributed by atoms with Crippen LogP contribution in [-0.2, 0) is 21.1 Å². The van der Waals surface area contributed by atoms with Crippen molar-refractivity contribution in [3.05, 3.63) is 64.7 Å². The van der Waals surface area contributed by atoms with Crippen molar-refractivity contribution in [3.8, 4) is 0 Å². The first kappa shape index (κ1) is 19.5. The normalized spacial score (nSPS) is 24.5. The van der Waals surface area contributed by atoms with E-state index in [2.05, 4.69) is 4.99 Å². The van der Waals surface area contributed by atoms with Crippen molar-refractivity contribution in [2.75, 3.05) is 16.4 Å². The van der Waals surface area contributed by atoms with Crippen LogP contribution in [-0.4, -0.2) is 42.3 Å². The topological polar surface area (TPSA) is 66.8 Å². The summed E-state index contributed by atoms with van der Waals surface area (Å²) < 4.78 is 24.3. The molecule has 2 aliphatic rings. The molecule has 1 amide bonds. The number of amidine groups is 1. The summed E-state index contributed by atoms with van der Waals surface area (Å²) in [5.41, 5.74) is 2.76. The largest absolute Gasteiger partial charge is 0.315 e. The Labute approximate surface area is 173 Å². The number of anilines is 1. The second-order valence-corrected chi connectivity index (χ2v) is 10.8. The van der Waals surface area contributed by atoms with Gasteiger partial charge in [0.05, 0.1) is 24.0 Å². The minimum Gasteiger partial charge on any atom is -0.315 e. The molecule has 2 aromatic carbocycles. The van der Waals surface area contributed by atoms with Crippen molar-refractivity contribution in [1.29, 1.82) is 0 Å². The van der Waals surface area contributed by atoms with Gasteiger partial charge in [0.25, 0.3) is 5.91 Å². The van der Waals surface area contributed by atoms with Crippen LogP contribution in [0.15, 0.2) is 53.5 Å². The van der Waals surface area contributed by atoms with Crippen LogP contribution in [0.1, 0.15) is 11.1 Å². The summed E-state index contributed by atoms with van der Waals surface area (Å²) >= 11 is 7.28. The lowest BCUT2D eigenvalue weighted by molar-refractivity contribution is -0.117. The molecule has 2 heterocycles. The Hall–Kier alpha value is -1.83. The van der Waals surface area contributed by atoms with Crippen molar-refractivity contribution in [3.63, 3.8) is 0 Å². The Morgan fingerprint density at radius 2 is 1.89 bits per heavy atom. The summed E-state index contributed by atoms with van der Waals surface area (Å²) in [5.74, 6) is -0.0513. The van der Waals surface area contributed by atoms with Gasteiger partial charge in [-0.05, 0) is 36.2 Å². The van der Waals surface area contributed by atoms with Gasteiger partial charge in [-0.1, -0.05) is 53.7 Å². The van der Waals surface area contributed by atoms with E-state index < -0.39 is 9.84 Å². The highest BCUT2D eigenvalue weighted by atomic mass is 35.5. The average Bonchev–Trinajstić information content (AvgIpc) is 3.08. The van der Waals surface area contributed by atoms with E-state index >= 15 is 0 Å². The Morgan fingerprint density at radius 1 is 1.18 bits per heavy atom. The number of hydrogen-bond donors (Lipinski definition) is 0. The molecule has 0 aliphatic carbocycles. The summed E-state index contributed by atoms with van der Waals surface area (Å²) in [7, 11) is -3.08. The highest BCUT2D eigenvalue weighted by Gasteiger charge is 2.49. The zero-order valence-electron chi connectivity index (χ0n) is 15.2. The highest BCUT2D eigenvalue weighted by Crippen LogP contribution is 2.41. The van der Waals surface area contributed by atoms with Crippen molar-refractivity contribution in [1.82, 2.24) is 0 Å². The monoisotopic (exact) mass is 434 g/mol. The first-order valence-corrected chi connectivity index (χ1v) is 12.0. The molecule has 146 valence electrons. The zero-order chi connectivity index (χ0) is 19.9. The first-order valence-electron chi connectivity index (χ1n) is 8.90. The standard InChI is InChI=1S/C20H19ClN2O3S2/c1-13-4-2-3-5-16(13)23-17-11-28(25,26)12-18(17)27-20(23)22-19(24)10-14-6-8-15(21)9-7-14/h2-9,17-18H,10-12H2,1H3/t17-,18+/m1/s1. The molecule has 8 heteroatoms. The van der Waals surface area contributed by atoms with Gasteiger partial charge >= 0.3 is 0 Å². The Morgan fingerprint density at radius 3 is 2.61 bits per heavy atom. The van der Waals surface area contributed by atoms with Crippen LogP contribution >= 0.6 is 23.4 Å². The molecule has 4 rings (SSSR count). The molecule has 0 saturated carbocycles. The number of carbonyl (C=O) groups excluding carboxylic acids is 1. The molecule has 0 bridgehead atoms. The fourth-order valence-corrected chi connectivity index (χ4v) is 7.65. The van der Waals surface area contributed by atoms with E-state index in [1.807, 2.05) is 48.2 Å². The van der Waals surface area contributed by atoms with Crippen LogP contribution in [0.2, 0.25) is 5.02 Å². The van der Waals surface area contributed by atoms with Gasteiger partial charge in [-0.15, -0.1) is 0 Å². The third-order valence-electron chi connectivity index (χ3n) is 4.93. The predicted molar refractivity (Wildman–Crippen MR) is 115 cm³/mol. The van der Waals surface area contributed by atoms with E-state index in [1.165, 1.54) is 11.8 Å². The van der Waals surface area contributed by atoms with Crippen LogP contribution in [0, 0.1) is 6.92 Å². The van der Waals surface area contributed by atoms with Crippen molar-refractivity contribution in [2.24, 2.45) is 4.99 Å². The van der Waals surface area contributed by atoms with Crippen molar-refractivity contribution < 1.29 is 13.2 Å². The summed E-state index contributed by atoms with van der Waals surface area (Å²) in [6.07, 6.45) is 0.177. The molecule has 28 heavy (non-hydrogen) atoms. The molecule has 0 N–H and O–H groups in total. The maximum atomic E-state index is 12.6. The van der Waals surface area contributed by atoms with Crippen LogP contribution in [0.4, 0.5) is 5.69 Å². The molecule has 2 aliphatic heterocycles. The summed E-state index contributed by atoms with van der Waals surface area (Å²) in [4.78, 5) is 18.9. The van der Waals surface area contributed by atoms with Gasteiger partial charge in [-0.3, -0.25) is 4.79 Å². The number of amides is 1. The SMILES string of the molecule is Cc1ccccc1N1C(=NC(=O)Cc2ccc(Cl)cc2)S[C@H]2CS(=O)(=O)C[C@H]21. The molecule has 0 radical (unpaired) electrons. The van der Waals surface area contributed by atoms with Gasteiger partial charge in [-0.2, -0.15) is 4.99 Å². The number of benzene rings is 2. The van der Waals surface area contributed by atoms with Crippen molar-refractivity contribution >= 4 is 50.0 Å². The summed E-state index contributed by atoms with van der Waals surface area (Å²) in [6.45, 7) is 1.98. The van der Waals surface area contributed by atoms with Crippen LogP contribution < -0.4 is 4.90 Å². The maximum Gasteiger partial charge on any atom is 0.252 e. The molecule has 2 saturated heterocycles. The van der Waals surface area contributed by atoms with Gasteiger partial charge in [0.1, 0.15) is 0 Å². The minimum atomic E-state index is -3.08. The average molecular weight is 435 g/mol. The van der Waals surface area contributed by atoms with Gasteiger partial charge < -0.3 is 4.90 Å². The van der Waals surface area contributed by atoms with Crippen molar-refractivity contribution in [2.45, 2.75) is 24.6 Å². The zero-order valence-corrected chi connectivity index (χ0v) is 17.6. The number of halogens is 1. The van der Waals surface area contributed by atoms with Gasteiger partial charge in [0, 0.05) is 16.0 Å². The van der Waals surface area contributed by atoms with Crippen LogP contribution in [0.3, 0.4) is 0 Å². The third kappa shape index (κ3) is 3.97. The lowest BCUT2D eigenvalue weighted by atomic mass is 10.1. The molecule has 2 fully saturated rings. The van der Waals surface area contributed by atoms with Gasteiger partial charge in [-0.25, -0.2) is 8.42 Å². The number of thioether (sulfide) groups is 1. The highest BCUT2D eigenvalue weighted by molar-refractivity contribution is 8.16. The third-order valence-corrected chi connectivity index (χ3v) is 8.39.